The Hall–Kier alpha value is -1.61. The fourth-order valence-corrected chi connectivity index (χ4v) is 3.34. The number of fused-ring (bicyclic) bond motifs is 1. The molecule has 3 rings (SSSR count). The van der Waals surface area contributed by atoms with E-state index in [1.165, 1.54) is 36.0 Å². The van der Waals surface area contributed by atoms with Gasteiger partial charge in [-0.2, -0.15) is 5.10 Å². The molecule has 0 saturated carbocycles. The molecule has 3 heteroatoms. The minimum Gasteiger partial charge on any atom is -0.327 e. The van der Waals surface area contributed by atoms with Gasteiger partial charge in [0.2, 0.25) is 0 Å². The molecule has 0 fully saturated rings. The summed E-state index contributed by atoms with van der Waals surface area (Å²) in [6, 6.07) is 8.97. The highest BCUT2D eigenvalue weighted by molar-refractivity contribution is 5.34. The van der Waals surface area contributed by atoms with Crippen molar-refractivity contribution < 1.29 is 0 Å². The Morgan fingerprint density at radius 2 is 2.25 bits per heavy atom. The predicted molar refractivity (Wildman–Crippen MR) is 81.7 cm³/mol. The van der Waals surface area contributed by atoms with Gasteiger partial charge in [0, 0.05) is 18.8 Å². The minimum absolute atomic E-state index is 0.186. The third-order valence-corrected chi connectivity index (χ3v) is 4.41. The van der Waals surface area contributed by atoms with E-state index in [0.717, 1.165) is 13.0 Å². The van der Waals surface area contributed by atoms with E-state index in [9.17, 15) is 0 Å². The number of hydrogen-bond donors (Lipinski definition) is 1. The van der Waals surface area contributed by atoms with E-state index >= 15 is 0 Å². The Morgan fingerprint density at radius 3 is 3.05 bits per heavy atom. The topological polar surface area (TPSA) is 43.8 Å². The molecule has 1 aliphatic carbocycles. The zero-order valence-electron chi connectivity index (χ0n) is 12.1. The molecule has 106 valence electrons. The molecule has 20 heavy (non-hydrogen) atoms. The van der Waals surface area contributed by atoms with Crippen LogP contribution in [0.15, 0.2) is 36.7 Å². The molecule has 0 saturated heterocycles. The molecule has 2 N–H and O–H groups in total. The quantitative estimate of drug-likeness (QED) is 0.927. The first-order valence-corrected chi connectivity index (χ1v) is 7.62. The van der Waals surface area contributed by atoms with Crippen LogP contribution in [0.2, 0.25) is 0 Å². The maximum Gasteiger partial charge on any atom is 0.0522 e. The summed E-state index contributed by atoms with van der Waals surface area (Å²) in [6.45, 7) is 3.02. The van der Waals surface area contributed by atoms with Crippen molar-refractivity contribution in [2.45, 2.75) is 51.1 Å². The second kappa shape index (κ2) is 5.80. The molecule has 0 radical (unpaired) electrons. The summed E-state index contributed by atoms with van der Waals surface area (Å²) in [4.78, 5) is 0. The van der Waals surface area contributed by atoms with Gasteiger partial charge in [-0.05, 0) is 55.2 Å². The molecule has 2 unspecified atom stereocenters. The summed E-state index contributed by atoms with van der Waals surface area (Å²) in [5.41, 5.74) is 10.7. The molecule has 3 nitrogen and oxygen atoms in total. The number of nitrogens with zero attached hydrogens (tertiary/aromatic N) is 2. The molecule has 1 aromatic heterocycles. The van der Waals surface area contributed by atoms with Crippen LogP contribution in [0.1, 0.15) is 42.4 Å². The lowest BCUT2D eigenvalue weighted by Crippen LogP contribution is -2.32. The third kappa shape index (κ3) is 2.63. The summed E-state index contributed by atoms with van der Waals surface area (Å²) in [5, 5.41) is 4.34. The summed E-state index contributed by atoms with van der Waals surface area (Å²) in [7, 11) is 0. The van der Waals surface area contributed by atoms with Crippen molar-refractivity contribution in [2.75, 3.05) is 0 Å². The van der Waals surface area contributed by atoms with Crippen molar-refractivity contribution >= 4 is 0 Å². The Labute approximate surface area is 120 Å². The number of benzene rings is 1. The van der Waals surface area contributed by atoms with Crippen LogP contribution in [0.3, 0.4) is 0 Å². The number of hydrogen-bond acceptors (Lipinski definition) is 2. The largest absolute Gasteiger partial charge is 0.327 e. The normalized spacial score (nSPS) is 19.6. The lowest BCUT2D eigenvalue weighted by molar-refractivity contribution is 0.460. The first kappa shape index (κ1) is 13.4. The van der Waals surface area contributed by atoms with E-state index in [1.807, 2.05) is 10.9 Å². The van der Waals surface area contributed by atoms with Crippen molar-refractivity contribution in [3.8, 4) is 0 Å². The molecule has 0 spiro atoms. The maximum absolute atomic E-state index is 6.51. The van der Waals surface area contributed by atoms with Gasteiger partial charge in [-0.25, -0.2) is 0 Å². The van der Waals surface area contributed by atoms with Gasteiger partial charge in [0.25, 0.3) is 0 Å². The second-order valence-corrected chi connectivity index (χ2v) is 5.77. The molecule has 0 amide bonds. The first-order valence-electron chi connectivity index (χ1n) is 7.62. The van der Waals surface area contributed by atoms with Gasteiger partial charge in [-0.3, -0.25) is 4.68 Å². The van der Waals surface area contributed by atoms with Crippen LogP contribution in [-0.4, -0.2) is 15.8 Å². The highest BCUT2D eigenvalue weighted by atomic mass is 15.3. The van der Waals surface area contributed by atoms with E-state index < -0.39 is 0 Å². The van der Waals surface area contributed by atoms with Crippen LogP contribution in [0.4, 0.5) is 0 Å². The molecule has 2 aromatic rings. The summed E-state index contributed by atoms with van der Waals surface area (Å²) >= 11 is 0. The number of aromatic nitrogens is 2. The standard InChI is InChI=1S/C17H23N3/c1-2-20-12-13(11-19-20)10-17(18)16-9-5-7-14-6-3-4-8-15(14)16/h3-4,6,8,11-12,16-17H,2,5,7,9-10,18H2,1H3. The average Bonchev–Trinajstić information content (AvgIpc) is 2.94. The monoisotopic (exact) mass is 269 g/mol. The van der Waals surface area contributed by atoms with Crippen molar-refractivity contribution in [3.63, 3.8) is 0 Å². The SMILES string of the molecule is CCn1cc(CC(N)C2CCCc3ccccc32)cn1. The lowest BCUT2D eigenvalue weighted by Gasteiger charge is -2.30. The van der Waals surface area contributed by atoms with Crippen LogP contribution in [-0.2, 0) is 19.4 Å². The molecule has 1 aliphatic rings. The highest BCUT2D eigenvalue weighted by Crippen LogP contribution is 2.34. The van der Waals surface area contributed by atoms with Gasteiger partial charge >= 0.3 is 0 Å². The van der Waals surface area contributed by atoms with Gasteiger partial charge in [0.1, 0.15) is 0 Å². The molecule has 1 heterocycles. The van der Waals surface area contributed by atoms with E-state index in [0.29, 0.717) is 5.92 Å². The van der Waals surface area contributed by atoms with Crippen molar-refractivity contribution in [3.05, 3.63) is 53.3 Å². The van der Waals surface area contributed by atoms with Gasteiger partial charge in [0.15, 0.2) is 0 Å². The minimum atomic E-state index is 0.186. The van der Waals surface area contributed by atoms with Crippen molar-refractivity contribution in [1.29, 1.82) is 0 Å². The Kier molecular flexibility index (Phi) is 3.88. The van der Waals surface area contributed by atoms with Crippen LogP contribution >= 0.6 is 0 Å². The van der Waals surface area contributed by atoms with Crippen molar-refractivity contribution in [2.24, 2.45) is 5.73 Å². The second-order valence-electron chi connectivity index (χ2n) is 5.77. The summed E-state index contributed by atoms with van der Waals surface area (Å²) in [5.74, 6) is 0.491. The van der Waals surface area contributed by atoms with Crippen LogP contribution < -0.4 is 5.73 Å². The van der Waals surface area contributed by atoms with E-state index in [2.05, 4.69) is 42.5 Å². The third-order valence-electron chi connectivity index (χ3n) is 4.41. The van der Waals surface area contributed by atoms with Gasteiger partial charge < -0.3 is 5.73 Å². The Morgan fingerprint density at radius 1 is 1.40 bits per heavy atom. The molecule has 1 aromatic carbocycles. The average molecular weight is 269 g/mol. The Bertz CT molecular complexity index is 573. The smallest absolute Gasteiger partial charge is 0.0522 e. The van der Waals surface area contributed by atoms with E-state index in [1.54, 1.807) is 0 Å². The summed E-state index contributed by atoms with van der Waals surface area (Å²) < 4.78 is 1.97. The molecule has 0 aliphatic heterocycles. The van der Waals surface area contributed by atoms with Crippen LogP contribution in [0.5, 0.6) is 0 Å². The molecule has 0 bridgehead atoms. The molecular formula is C17H23N3. The van der Waals surface area contributed by atoms with Gasteiger partial charge in [-0.1, -0.05) is 24.3 Å². The Balaban J connectivity index is 1.76. The lowest BCUT2D eigenvalue weighted by atomic mass is 9.77. The van der Waals surface area contributed by atoms with E-state index in [-0.39, 0.29) is 6.04 Å². The van der Waals surface area contributed by atoms with Crippen molar-refractivity contribution in [1.82, 2.24) is 9.78 Å². The first-order chi connectivity index (χ1) is 9.78. The zero-order valence-corrected chi connectivity index (χ0v) is 12.1. The fraction of sp³-hybridized carbons (Fsp3) is 0.471. The number of rotatable bonds is 4. The molecular weight excluding hydrogens is 246 g/mol. The van der Waals surface area contributed by atoms with Crippen LogP contribution in [0.25, 0.3) is 0 Å². The van der Waals surface area contributed by atoms with E-state index in [4.69, 9.17) is 5.73 Å². The molecule has 2 atom stereocenters. The van der Waals surface area contributed by atoms with Gasteiger partial charge in [-0.15, -0.1) is 0 Å². The highest BCUT2D eigenvalue weighted by Gasteiger charge is 2.25. The summed E-state index contributed by atoms with van der Waals surface area (Å²) in [6.07, 6.45) is 8.66. The zero-order chi connectivity index (χ0) is 13.9. The number of aryl methyl sites for hydroxylation is 2. The number of nitrogens with two attached hydrogens (primary N) is 1. The van der Waals surface area contributed by atoms with Crippen LogP contribution in [0, 0.1) is 0 Å². The maximum atomic E-state index is 6.51. The predicted octanol–water partition coefficient (Wildman–Crippen LogP) is 2.89. The fourth-order valence-electron chi connectivity index (χ4n) is 3.34. The van der Waals surface area contributed by atoms with Gasteiger partial charge in [0.05, 0.1) is 6.20 Å².